The number of ether oxygens (including phenoxy) is 2. The molecule has 5 unspecified atom stereocenters. The lowest BCUT2D eigenvalue weighted by Gasteiger charge is -2.23. The average Bonchev–Trinajstić information content (AvgIpc) is 3.64. The molecule has 3 heterocycles. The monoisotopic (exact) mass is 675 g/mol. The van der Waals surface area contributed by atoms with Crippen molar-refractivity contribution < 1.29 is 43.0 Å². The number of carbonyl (C=O) groups excluding carboxylic acids is 7. The molecular formula is C34H53N5O9. The smallest absolute Gasteiger partial charge is 0.310 e. The van der Waals surface area contributed by atoms with Crippen LogP contribution < -0.4 is 10.6 Å². The Labute approximate surface area is 282 Å². The second-order valence-corrected chi connectivity index (χ2v) is 14.7. The van der Waals surface area contributed by atoms with Crippen LogP contribution in [0.4, 0.5) is 0 Å². The van der Waals surface area contributed by atoms with E-state index in [1.165, 1.54) is 12.0 Å². The number of nitrogens with one attached hydrogen (secondary N) is 2. The highest BCUT2D eigenvalue weighted by molar-refractivity contribution is 5.90. The van der Waals surface area contributed by atoms with Crippen LogP contribution >= 0.6 is 0 Å². The summed E-state index contributed by atoms with van der Waals surface area (Å²) in [6.45, 7) is 8.09. The van der Waals surface area contributed by atoms with Crippen molar-refractivity contribution in [2.24, 2.45) is 29.6 Å². The molecule has 4 fully saturated rings. The van der Waals surface area contributed by atoms with Crippen LogP contribution in [0.3, 0.4) is 0 Å². The lowest BCUT2D eigenvalue weighted by Crippen LogP contribution is -2.40. The van der Waals surface area contributed by atoms with Crippen LogP contribution in [0.25, 0.3) is 0 Å². The van der Waals surface area contributed by atoms with Crippen LogP contribution in [0.2, 0.25) is 0 Å². The van der Waals surface area contributed by atoms with Crippen molar-refractivity contribution in [3.05, 3.63) is 0 Å². The highest BCUT2D eigenvalue weighted by atomic mass is 16.6. The van der Waals surface area contributed by atoms with Gasteiger partial charge in [-0.1, -0.05) is 12.8 Å². The SMILES string of the molecule is COC(=O)C1CC(=O)N(CCNC(=O)C2CC(=O)N(CCNC(=O)C3CC(=O)N(CCC4CCCC(C(=O)OC(C)(C)C)CC4)C3)C2)C1. The van der Waals surface area contributed by atoms with Crippen LogP contribution in [0, 0.1) is 29.6 Å². The fourth-order valence-corrected chi connectivity index (χ4v) is 7.18. The molecule has 14 nitrogen and oxygen atoms in total. The molecule has 2 N–H and O–H groups in total. The van der Waals surface area contributed by atoms with Crippen LogP contribution in [0.1, 0.15) is 78.6 Å². The summed E-state index contributed by atoms with van der Waals surface area (Å²) in [5, 5.41) is 5.65. The zero-order chi connectivity index (χ0) is 35.0. The summed E-state index contributed by atoms with van der Waals surface area (Å²) in [5.41, 5.74) is -0.492. The summed E-state index contributed by atoms with van der Waals surface area (Å²) in [5.74, 6) is -2.50. The zero-order valence-electron chi connectivity index (χ0n) is 28.9. The number of amides is 5. The van der Waals surface area contributed by atoms with Crippen LogP contribution in [0.15, 0.2) is 0 Å². The summed E-state index contributed by atoms with van der Waals surface area (Å²) < 4.78 is 10.3. The molecule has 4 aliphatic rings. The van der Waals surface area contributed by atoms with Crippen molar-refractivity contribution in [2.75, 3.05) is 59.5 Å². The second-order valence-electron chi connectivity index (χ2n) is 14.7. The molecule has 4 rings (SSSR count). The maximum atomic E-state index is 12.9. The summed E-state index contributed by atoms with van der Waals surface area (Å²) in [6, 6.07) is 0. The third-order valence-corrected chi connectivity index (χ3v) is 9.92. The standard InChI is InChI=1S/C34H53N5O9/c1-34(2,3)48-33(46)23-7-5-6-22(8-9-23)10-13-37-19-24(16-27(37)40)30(43)35-11-14-38-20-25(17-28(38)41)31(44)36-12-15-39-21-26(18-29(39)42)32(45)47-4/h22-26H,5-21H2,1-4H3,(H,35,43)(H,36,44). The van der Waals surface area contributed by atoms with Gasteiger partial charge >= 0.3 is 11.9 Å². The minimum atomic E-state index is -0.525. The van der Waals surface area contributed by atoms with Gasteiger partial charge < -0.3 is 34.8 Å². The first-order valence-electron chi connectivity index (χ1n) is 17.4. The normalized spacial score (nSPS) is 26.5. The van der Waals surface area contributed by atoms with E-state index in [0.717, 1.165) is 38.5 Å². The molecule has 1 aliphatic carbocycles. The third kappa shape index (κ3) is 10.4. The molecule has 1 saturated carbocycles. The molecule has 48 heavy (non-hydrogen) atoms. The van der Waals surface area contributed by atoms with Gasteiger partial charge in [0.15, 0.2) is 0 Å². The van der Waals surface area contributed by atoms with Crippen LogP contribution in [-0.4, -0.2) is 121 Å². The van der Waals surface area contributed by atoms with Crippen molar-refractivity contribution in [2.45, 2.75) is 84.2 Å². The highest BCUT2D eigenvalue weighted by Gasteiger charge is 2.38. The number of likely N-dealkylation sites (tertiary alicyclic amines) is 3. The maximum absolute atomic E-state index is 12.9. The number of esters is 2. The summed E-state index contributed by atoms with van der Waals surface area (Å²) in [6.07, 6.45) is 5.70. The third-order valence-electron chi connectivity index (χ3n) is 9.92. The van der Waals surface area contributed by atoms with Gasteiger partial charge in [0, 0.05) is 71.6 Å². The number of hydrogen-bond acceptors (Lipinski definition) is 9. The number of rotatable bonds is 13. The number of nitrogens with zero attached hydrogens (tertiary/aromatic N) is 3. The summed E-state index contributed by atoms with van der Waals surface area (Å²) in [4.78, 5) is 92.1. The Morgan fingerprint density at radius 3 is 1.69 bits per heavy atom. The van der Waals surface area contributed by atoms with Gasteiger partial charge in [0.05, 0.1) is 30.8 Å². The van der Waals surface area contributed by atoms with Crippen molar-refractivity contribution in [3.8, 4) is 0 Å². The van der Waals surface area contributed by atoms with Gasteiger partial charge in [-0.2, -0.15) is 0 Å². The van der Waals surface area contributed by atoms with Crippen molar-refractivity contribution in [1.29, 1.82) is 0 Å². The molecule has 0 aromatic rings. The first-order chi connectivity index (χ1) is 22.7. The van der Waals surface area contributed by atoms with Crippen molar-refractivity contribution in [1.82, 2.24) is 25.3 Å². The van der Waals surface area contributed by atoms with Gasteiger partial charge in [-0.3, -0.25) is 33.6 Å². The van der Waals surface area contributed by atoms with Gasteiger partial charge in [-0.05, 0) is 52.4 Å². The average molecular weight is 676 g/mol. The van der Waals surface area contributed by atoms with Gasteiger partial charge in [0.2, 0.25) is 29.5 Å². The van der Waals surface area contributed by atoms with E-state index in [-0.39, 0.29) is 100.0 Å². The molecule has 3 saturated heterocycles. The van der Waals surface area contributed by atoms with Crippen molar-refractivity contribution >= 4 is 41.5 Å². The lowest BCUT2D eigenvalue weighted by molar-refractivity contribution is -0.160. The highest BCUT2D eigenvalue weighted by Crippen LogP contribution is 2.32. The van der Waals surface area contributed by atoms with E-state index in [2.05, 4.69) is 10.6 Å². The van der Waals surface area contributed by atoms with Crippen LogP contribution in [0.5, 0.6) is 0 Å². The topological polar surface area (TPSA) is 172 Å². The predicted molar refractivity (Wildman–Crippen MR) is 173 cm³/mol. The molecule has 0 aromatic heterocycles. The van der Waals surface area contributed by atoms with Gasteiger partial charge in [-0.15, -0.1) is 0 Å². The van der Waals surface area contributed by atoms with Gasteiger partial charge in [-0.25, -0.2) is 0 Å². The maximum Gasteiger partial charge on any atom is 0.310 e. The Kier molecular flexibility index (Phi) is 12.8. The predicted octanol–water partition coefficient (Wildman–Crippen LogP) is 0.866. The summed E-state index contributed by atoms with van der Waals surface area (Å²) >= 11 is 0. The molecule has 0 spiro atoms. The molecule has 0 aromatic carbocycles. The molecular weight excluding hydrogens is 622 g/mol. The molecule has 0 radical (unpaired) electrons. The van der Waals surface area contributed by atoms with E-state index in [1.54, 1.807) is 9.80 Å². The second kappa shape index (κ2) is 16.6. The molecule has 0 bridgehead atoms. The fourth-order valence-electron chi connectivity index (χ4n) is 7.18. The van der Waals surface area contributed by atoms with E-state index >= 15 is 0 Å². The lowest BCUT2D eigenvalue weighted by atomic mass is 9.95. The molecule has 5 amide bonds. The molecule has 268 valence electrons. The number of hydrogen-bond donors (Lipinski definition) is 2. The van der Waals surface area contributed by atoms with E-state index in [1.807, 2.05) is 20.8 Å². The Morgan fingerprint density at radius 2 is 1.17 bits per heavy atom. The number of methoxy groups -OCH3 is 1. The quantitative estimate of drug-likeness (QED) is 0.212. The van der Waals surface area contributed by atoms with E-state index in [9.17, 15) is 33.6 Å². The fraction of sp³-hybridized carbons (Fsp3) is 0.794. The molecule has 14 heteroatoms. The first kappa shape index (κ1) is 37.1. The van der Waals surface area contributed by atoms with Crippen molar-refractivity contribution in [3.63, 3.8) is 0 Å². The minimum absolute atomic E-state index is 0.0312. The first-order valence-corrected chi connectivity index (χ1v) is 17.4. The van der Waals surface area contributed by atoms with Gasteiger partial charge in [0.1, 0.15) is 5.60 Å². The Hall–Kier alpha value is -3.71. The Morgan fingerprint density at radius 1 is 0.667 bits per heavy atom. The largest absolute Gasteiger partial charge is 0.469 e. The Bertz CT molecular complexity index is 1230. The van der Waals surface area contributed by atoms with Gasteiger partial charge in [0.25, 0.3) is 0 Å². The van der Waals surface area contributed by atoms with E-state index in [0.29, 0.717) is 19.0 Å². The molecule has 5 atom stereocenters. The Balaban J connectivity index is 1.10. The number of carbonyl (C=O) groups is 7. The van der Waals surface area contributed by atoms with E-state index in [4.69, 9.17) is 9.47 Å². The minimum Gasteiger partial charge on any atom is -0.469 e. The van der Waals surface area contributed by atoms with Crippen LogP contribution in [-0.2, 0) is 43.0 Å². The van der Waals surface area contributed by atoms with E-state index < -0.39 is 29.3 Å². The molecule has 3 aliphatic heterocycles. The summed E-state index contributed by atoms with van der Waals surface area (Å²) in [7, 11) is 1.29. The zero-order valence-corrected chi connectivity index (χ0v) is 28.9.